The van der Waals surface area contributed by atoms with E-state index >= 15 is 0 Å². The lowest BCUT2D eigenvalue weighted by Crippen LogP contribution is -2.31. The van der Waals surface area contributed by atoms with Gasteiger partial charge in [-0.1, -0.05) is 41.1 Å². The van der Waals surface area contributed by atoms with Gasteiger partial charge in [0.25, 0.3) is 5.91 Å². The van der Waals surface area contributed by atoms with E-state index in [9.17, 15) is 4.79 Å². The summed E-state index contributed by atoms with van der Waals surface area (Å²) in [5, 5.41) is 1.22. The molecule has 0 N–H and O–H groups in total. The SMILES string of the molecule is Cc1c(Cl)ccc2sc(N(Cc3cccnc3)C(=O)c3cnc4ccccc4n3)nc12. The van der Waals surface area contributed by atoms with Crippen molar-refractivity contribution < 1.29 is 4.79 Å². The number of anilines is 1. The minimum Gasteiger partial charge on any atom is -0.278 e. The molecular weight excluding hydrogens is 430 g/mol. The third kappa shape index (κ3) is 3.73. The highest BCUT2D eigenvalue weighted by atomic mass is 35.5. The molecule has 0 aliphatic heterocycles. The topological polar surface area (TPSA) is 71.9 Å². The summed E-state index contributed by atoms with van der Waals surface area (Å²) in [6.45, 7) is 2.24. The third-order valence-corrected chi connectivity index (χ3v) is 6.40. The summed E-state index contributed by atoms with van der Waals surface area (Å²) in [7, 11) is 0. The lowest BCUT2D eigenvalue weighted by Gasteiger charge is -2.19. The maximum atomic E-state index is 13.6. The molecule has 6 nitrogen and oxygen atoms in total. The quantitative estimate of drug-likeness (QED) is 0.368. The van der Waals surface area contributed by atoms with Crippen molar-refractivity contribution in [1.29, 1.82) is 0 Å². The second kappa shape index (κ2) is 8.02. The molecule has 0 aliphatic rings. The van der Waals surface area contributed by atoms with Crippen molar-refractivity contribution in [3.8, 4) is 0 Å². The van der Waals surface area contributed by atoms with Crippen LogP contribution in [0.15, 0.2) is 67.1 Å². The van der Waals surface area contributed by atoms with Crippen LogP contribution in [0.5, 0.6) is 0 Å². The predicted molar refractivity (Wildman–Crippen MR) is 124 cm³/mol. The summed E-state index contributed by atoms with van der Waals surface area (Å²) in [6.07, 6.45) is 4.95. The van der Waals surface area contributed by atoms with Crippen LogP contribution in [0, 0.1) is 6.92 Å². The maximum absolute atomic E-state index is 13.6. The van der Waals surface area contributed by atoms with Crippen molar-refractivity contribution in [2.75, 3.05) is 4.90 Å². The number of carbonyl (C=O) groups is 1. The molecule has 0 aliphatic carbocycles. The van der Waals surface area contributed by atoms with Gasteiger partial charge in [-0.05, 0) is 48.4 Å². The standard InChI is InChI=1S/C23H16ClN5OS/c1-14-16(24)8-9-20-21(14)28-23(31-20)29(13-15-5-4-10-25-11-15)22(30)19-12-26-17-6-2-3-7-18(17)27-19/h2-12H,13H2,1H3. The van der Waals surface area contributed by atoms with Crippen molar-refractivity contribution in [2.45, 2.75) is 13.5 Å². The van der Waals surface area contributed by atoms with E-state index in [1.165, 1.54) is 17.5 Å². The Labute approximate surface area is 187 Å². The number of aryl methyl sites for hydroxylation is 1. The number of para-hydroxylation sites is 2. The number of thiazole rings is 1. The van der Waals surface area contributed by atoms with E-state index in [1.54, 1.807) is 17.3 Å². The van der Waals surface area contributed by atoms with Gasteiger partial charge in [0.2, 0.25) is 0 Å². The lowest BCUT2D eigenvalue weighted by molar-refractivity contribution is 0.0980. The van der Waals surface area contributed by atoms with E-state index in [2.05, 4.69) is 15.0 Å². The number of halogens is 1. The number of hydrogen-bond donors (Lipinski definition) is 0. The molecule has 0 saturated carbocycles. The molecular formula is C23H16ClN5OS. The summed E-state index contributed by atoms with van der Waals surface area (Å²) < 4.78 is 0.963. The Balaban J connectivity index is 1.61. The van der Waals surface area contributed by atoms with Gasteiger partial charge in [0.15, 0.2) is 5.13 Å². The van der Waals surface area contributed by atoms with Gasteiger partial charge in [0.1, 0.15) is 5.69 Å². The second-order valence-electron chi connectivity index (χ2n) is 7.01. The summed E-state index contributed by atoms with van der Waals surface area (Å²) in [4.78, 5) is 33.0. The number of rotatable bonds is 4. The monoisotopic (exact) mass is 445 g/mol. The van der Waals surface area contributed by atoms with Crippen LogP contribution < -0.4 is 4.90 Å². The van der Waals surface area contributed by atoms with Gasteiger partial charge >= 0.3 is 0 Å². The average Bonchev–Trinajstić information content (AvgIpc) is 3.25. The van der Waals surface area contributed by atoms with E-state index in [0.29, 0.717) is 22.2 Å². The first-order chi connectivity index (χ1) is 15.1. The molecule has 0 radical (unpaired) electrons. The average molecular weight is 446 g/mol. The Morgan fingerprint density at radius 2 is 1.87 bits per heavy atom. The molecule has 0 fully saturated rings. The molecule has 0 unspecified atom stereocenters. The van der Waals surface area contributed by atoms with Crippen LogP contribution in [-0.4, -0.2) is 25.8 Å². The van der Waals surface area contributed by atoms with Crippen molar-refractivity contribution in [3.05, 3.63) is 89.0 Å². The molecule has 0 atom stereocenters. The van der Waals surface area contributed by atoms with Crippen molar-refractivity contribution in [1.82, 2.24) is 19.9 Å². The molecule has 1 amide bonds. The maximum Gasteiger partial charge on any atom is 0.280 e. The van der Waals surface area contributed by atoms with Crippen molar-refractivity contribution >= 4 is 55.2 Å². The van der Waals surface area contributed by atoms with Gasteiger partial charge in [-0.2, -0.15) is 0 Å². The largest absolute Gasteiger partial charge is 0.280 e. The van der Waals surface area contributed by atoms with Crippen LogP contribution in [0.4, 0.5) is 5.13 Å². The van der Waals surface area contributed by atoms with E-state index in [4.69, 9.17) is 16.6 Å². The van der Waals surface area contributed by atoms with Crippen LogP contribution in [-0.2, 0) is 6.54 Å². The molecule has 2 aromatic carbocycles. The van der Waals surface area contributed by atoms with E-state index in [-0.39, 0.29) is 11.6 Å². The third-order valence-electron chi connectivity index (χ3n) is 4.94. The van der Waals surface area contributed by atoms with Gasteiger partial charge < -0.3 is 0 Å². The highest BCUT2D eigenvalue weighted by Gasteiger charge is 2.24. The Bertz CT molecular complexity index is 1420. The lowest BCUT2D eigenvalue weighted by atomic mass is 10.2. The molecule has 8 heteroatoms. The van der Waals surface area contributed by atoms with Crippen LogP contribution in [0.3, 0.4) is 0 Å². The molecule has 0 saturated heterocycles. The summed E-state index contributed by atoms with van der Waals surface area (Å²) in [5.41, 5.74) is 4.24. The number of aromatic nitrogens is 4. The van der Waals surface area contributed by atoms with Gasteiger partial charge in [-0.3, -0.25) is 19.7 Å². The molecule has 152 valence electrons. The minimum atomic E-state index is -0.273. The number of hydrogen-bond acceptors (Lipinski definition) is 6. The fourth-order valence-electron chi connectivity index (χ4n) is 3.30. The highest BCUT2D eigenvalue weighted by molar-refractivity contribution is 7.22. The van der Waals surface area contributed by atoms with Gasteiger partial charge in [0, 0.05) is 17.4 Å². The van der Waals surface area contributed by atoms with E-state index in [1.807, 2.05) is 55.5 Å². The zero-order chi connectivity index (χ0) is 21.4. The molecule has 31 heavy (non-hydrogen) atoms. The minimum absolute atomic E-state index is 0.261. The van der Waals surface area contributed by atoms with Crippen LogP contribution >= 0.6 is 22.9 Å². The highest BCUT2D eigenvalue weighted by Crippen LogP contribution is 2.34. The number of amides is 1. The normalized spacial score (nSPS) is 11.2. The van der Waals surface area contributed by atoms with Crippen molar-refractivity contribution in [2.24, 2.45) is 0 Å². The Morgan fingerprint density at radius 3 is 2.68 bits per heavy atom. The number of benzene rings is 2. The molecule has 3 aromatic heterocycles. The molecule has 5 rings (SSSR count). The van der Waals surface area contributed by atoms with Crippen molar-refractivity contribution in [3.63, 3.8) is 0 Å². The zero-order valence-corrected chi connectivity index (χ0v) is 18.1. The van der Waals surface area contributed by atoms with Gasteiger partial charge in [-0.25, -0.2) is 9.97 Å². The van der Waals surface area contributed by atoms with E-state index < -0.39 is 0 Å². The Morgan fingerprint density at radius 1 is 1.03 bits per heavy atom. The molecule has 0 spiro atoms. The first-order valence-electron chi connectivity index (χ1n) is 9.58. The van der Waals surface area contributed by atoms with Gasteiger partial charge in [-0.15, -0.1) is 0 Å². The summed E-state index contributed by atoms with van der Waals surface area (Å²) >= 11 is 7.72. The summed E-state index contributed by atoms with van der Waals surface area (Å²) in [6, 6.07) is 15.0. The first kappa shape index (κ1) is 19.5. The number of nitrogens with zero attached hydrogens (tertiary/aromatic N) is 5. The number of pyridine rings is 1. The van der Waals surface area contributed by atoms with Crippen LogP contribution in [0.2, 0.25) is 5.02 Å². The molecule has 5 aromatic rings. The van der Waals surface area contributed by atoms with Crippen LogP contribution in [0.25, 0.3) is 21.3 Å². The molecule has 0 bridgehead atoms. The zero-order valence-electron chi connectivity index (χ0n) is 16.5. The van der Waals surface area contributed by atoms with Crippen LogP contribution in [0.1, 0.15) is 21.6 Å². The first-order valence-corrected chi connectivity index (χ1v) is 10.8. The summed E-state index contributed by atoms with van der Waals surface area (Å²) in [5.74, 6) is -0.273. The fraction of sp³-hybridized carbons (Fsp3) is 0.0870. The number of carbonyl (C=O) groups excluding carboxylic acids is 1. The van der Waals surface area contributed by atoms with E-state index in [0.717, 1.165) is 26.9 Å². The Hall–Kier alpha value is -3.42. The smallest absolute Gasteiger partial charge is 0.278 e. The Kier molecular flexibility index (Phi) is 5.05. The molecule has 3 heterocycles. The van der Waals surface area contributed by atoms with Gasteiger partial charge in [0.05, 0.1) is 34.0 Å². The predicted octanol–water partition coefficient (Wildman–Crippen LogP) is 5.44. The number of fused-ring (bicyclic) bond motifs is 2. The second-order valence-corrected chi connectivity index (χ2v) is 8.43. The fourth-order valence-corrected chi connectivity index (χ4v) is 4.48.